The first-order valence-electron chi connectivity index (χ1n) is 12.7. The number of aromatic hydroxyl groups is 2. The zero-order chi connectivity index (χ0) is 29.5. The molecule has 1 unspecified atom stereocenters. The Morgan fingerprint density at radius 3 is 2.38 bits per heavy atom. The number of hydrogen-bond acceptors (Lipinski definition) is 8. The first-order chi connectivity index (χ1) is 18.7. The van der Waals surface area contributed by atoms with Crippen LogP contribution < -0.4 is 20.1 Å². The summed E-state index contributed by atoms with van der Waals surface area (Å²) in [7, 11) is -2.12. The Morgan fingerprint density at radius 2 is 1.68 bits per heavy atom. The number of methoxy groups -OCH3 is 1. The molecule has 0 saturated heterocycles. The average Bonchev–Trinajstić information content (AvgIpc) is 2.87. The molecule has 10 nitrogen and oxygen atoms in total. The summed E-state index contributed by atoms with van der Waals surface area (Å²) >= 11 is 0. The molecule has 3 aromatic carbocycles. The van der Waals surface area contributed by atoms with E-state index in [1.54, 1.807) is 12.1 Å². The van der Waals surface area contributed by atoms with Crippen LogP contribution in [0.5, 0.6) is 17.2 Å². The van der Waals surface area contributed by atoms with E-state index in [-0.39, 0.29) is 36.1 Å². The molecule has 6 N–H and O–H groups in total. The highest BCUT2D eigenvalue weighted by Gasteiger charge is 2.21. The third-order valence-corrected chi connectivity index (χ3v) is 6.80. The minimum Gasteiger partial charge on any atom is -0.506 e. The Morgan fingerprint density at radius 1 is 0.975 bits per heavy atom. The predicted molar refractivity (Wildman–Crippen MR) is 154 cm³/mol. The lowest BCUT2D eigenvalue weighted by Crippen LogP contribution is -2.43. The summed E-state index contributed by atoms with van der Waals surface area (Å²) in [4.78, 5) is 12.6. The molecule has 3 rings (SSSR count). The molecule has 0 saturated carbocycles. The normalized spacial score (nSPS) is 12.5. The zero-order valence-corrected chi connectivity index (χ0v) is 23.9. The molecule has 3 aromatic rings. The maximum atomic E-state index is 12.6. The number of rotatable bonds is 13. The average molecular weight is 572 g/mol. The van der Waals surface area contributed by atoms with Crippen LogP contribution >= 0.6 is 0 Å². The van der Waals surface area contributed by atoms with Gasteiger partial charge in [0.15, 0.2) is 11.5 Å². The van der Waals surface area contributed by atoms with Crippen LogP contribution in [0.2, 0.25) is 0 Å². The van der Waals surface area contributed by atoms with E-state index in [9.17, 15) is 28.5 Å². The zero-order valence-electron chi connectivity index (χ0n) is 23.1. The highest BCUT2D eigenvalue weighted by Crippen LogP contribution is 2.28. The lowest BCUT2D eigenvalue weighted by atomic mass is 9.93. The van der Waals surface area contributed by atoms with E-state index in [2.05, 4.69) is 15.4 Å². The van der Waals surface area contributed by atoms with E-state index in [0.717, 1.165) is 22.9 Å². The fourth-order valence-corrected chi connectivity index (χ4v) is 4.80. The van der Waals surface area contributed by atoms with E-state index in [0.29, 0.717) is 24.3 Å². The Kier molecular flexibility index (Phi) is 10.0. The molecule has 216 valence electrons. The van der Waals surface area contributed by atoms with E-state index in [1.165, 1.54) is 31.4 Å². The topological polar surface area (TPSA) is 157 Å². The third kappa shape index (κ3) is 9.44. The van der Waals surface area contributed by atoms with Gasteiger partial charge in [0.1, 0.15) is 5.75 Å². The van der Waals surface area contributed by atoms with E-state index in [1.807, 2.05) is 38.1 Å². The summed E-state index contributed by atoms with van der Waals surface area (Å²) in [6.45, 7) is 4.50. The van der Waals surface area contributed by atoms with Crippen molar-refractivity contribution in [3.63, 3.8) is 0 Å². The van der Waals surface area contributed by atoms with Gasteiger partial charge in [0.2, 0.25) is 15.9 Å². The number of nitrogens with one attached hydrogen (secondary N) is 3. The van der Waals surface area contributed by atoms with Gasteiger partial charge in [-0.15, -0.1) is 0 Å². The van der Waals surface area contributed by atoms with Crippen LogP contribution in [0.3, 0.4) is 0 Å². The molecular weight excluding hydrogens is 534 g/mol. The van der Waals surface area contributed by atoms with Gasteiger partial charge in [0, 0.05) is 18.6 Å². The van der Waals surface area contributed by atoms with Crippen LogP contribution in [0.4, 0.5) is 5.69 Å². The van der Waals surface area contributed by atoms with E-state index < -0.39 is 21.7 Å². The van der Waals surface area contributed by atoms with Crippen LogP contribution in [0.25, 0.3) is 0 Å². The van der Waals surface area contributed by atoms with Gasteiger partial charge in [-0.1, -0.05) is 36.4 Å². The molecule has 0 radical (unpaired) electrons. The standard InChI is InChI=1S/C29H37N3O7S/c1-29(2,31-18-26(35)22-9-11-24(33)23(15-22)32-40(4,37)38)16-20-7-5-6-19(12-20)14-28(36)30-17-21-8-10-25(34)27(13-21)39-3/h5-13,15,26,31-35H,14,16-18H2,1-4H3,(H,30,36). The number of hydrogen-bond donors (Lipinski definition) is 6. The minimum absolute atomic E-state index is 0.00181. The number of benzene rings is 3. The first-order valence-corrected chi connectivity index (χ1v) is 14.6. The SMILES string of the molecule is COc1cc(CNC(=O)Cc2cccc(CC(C)(C)NCC(O)c3ccc(O)c(NS(C)(=O)=O)c3)c2)ccc1O. The van der Waals surface area contributed by atoms with Crippen LogP contribution in [-0.4, -0.2) is 55.1 Å². The Bertz CT molecular complexity index is 1440. The quantitative estimate of drug-likeness (QED) is 0.171. The summed E-state index contributed by atoms with van der Waals surface area (Å²) in [5, 5.41) is 36.6. The van der Waals surface area contributed by atoms with Crippen LogP contribution in [0, 0.1) is 0 Å². The van der Waals surface area contributed by atoms with Crippen molar-refractivity contribution >= 4 is 21.6 Å². The number of carbonyl (C=O) groups excluding carboxylic acids is 1. The number of phenolic OH excluding ortho intramolecular Hbond substituents is 2. The van der Waals surface area contributed by atoms with Crippen molar-refractivity contribution < 1.29 is 33.3 Å². The molecule has 0 aliphatic carbocycles. The molecule has 1 amide bonds. The Labute approximate surface area is 235 Å². The lowest BCUT2D eigenvalue weighted by Gasteiger charge is -2.28. The third-order valence-electron chi connectivity index (χ3n) is 6.21. The monoisotopic (exact) mass is 571 g/mol. The van der Waals surface area contributed by atoms with Gasteiger partial charge in [0.05, 0.1) is 31.6 Å². The molecule has 0 bridgehead atoms. The first kappa shape index (κ1) is 30.7. The summed E-state index contributed by atoms with van der Waals surface area (Å²) in [5.41, 5.74) is 2.73. The fraction of sp³-hybridized carbons (Fsp3) is 0.345. The van der Waals surface area contributed by atoms with Crippen LogP contribution in [-0.2, 0) is 34.2 Å². The predicted octanol–water partition coefficient (Wildman–Crippen LogP) is 2.98. The van der Waals surface area contributed by atoms with Gasteiger partial charge in [-0.3, -0.25) is 9.52 Å². The van der Waals surface area contributed by atoms with Gasteiger partial charge < -0.3 is 30.7 Å². The van der Waals surface area contributed by atoms with Crippen molar-refractivity contribution in [2.45, 2.75) is 44.9 Å². The molecule has 0 aliphatic rings. The molecule has 0 heterocycles. The van der Waals surface area contributed by atoms with Crippen molar-refractivity contribution in [1.29, 1.82) is 0 Å². The van der Waals surface area contributed by atoms with Crippen LogP contribution in [0.1, 0.15) is 42.2 Å². The van der Waals surface area contributed by atoms with Gasteiger partial charge in [-0.05, 0) is 66.8 Å². The molecule has 11 heteroatoms. The van der Waals surface area contributed by atoms with Gasteiger partial charge in [-0.2, -0.15) is 0 Å². The Balaban J connectivity index is 1.55. The van der Waals surface area contributed by atoms with E-state index in [4.69, 9.17) is 4.74 Å². The number of sulfonamides is 1. The van der Waals surface area contributed by atoms with Crippen molar-refractivity contribution in [2.24, 2.45) is 0 Å². The number of anilines is 1. The van der Waals surface area contributed by atoms with Crippen molar-refractivity contribution in [3.05, 3.63) is 82.9 Å². The second-order valence-electron chi connectivity index (χ2n) is 10.4. The summed E-state index contributed by atoms with van der Waals surface area (Å²) < 4.78 is 30.4. The number of phenols is 2. The fourth-order valence-electron chi connectivity index (χ4n) is 4.24. The number of carbonyl (C=O) groups is 1. The van der Waals surface area contributed by atoms with Crippen molar-refractivity contribution in [2.75, 3.05) is 24.6 Å². The molecule has 0 fully saturated rings. The summed E-state index contributed by atoms with van der Waals surface area (Å²) in [6.07, 6.45) is 0.874. The molecular formula is C29H37N3O7S. The number of amides is 1. The lowest BCUT2D eigenvalue weighted by molar-refractivity contribution is -0.120. The number of aliphatic hydroxyl groups is 1. The second-order valence-corrected chi connectivity index (χ2v) is 12.1. The summed E-state index contributed by atoms with van der Waals surface area (Å²) in [6, 6.07) is 16.9. The van der Waals surface area contributed by atoms with Crippen molar-refractivity contribution in [1.82, 2.24) is 10.6 Å². The smallest absolute Gasteiger partial charge is 0.229 e. The summed E-state index contributed by atoms with van der Waals surface area (Å²) in [5.74, 6) is 0.0183. The number of aliphatic hydroxyl groups excluding tert-OH is 1. The highest BCUT2D eigenvalue weighted by atomic mass is 32.2. The maximum absolute atomic E-state index is 12.6. The molecule has 1 atom stereocenters. The molecule has 0 aromatic heterocycles. The van der Waals surface area contributed by atoms with E-state index >= 15 is 0 Å². The van der Waals surface area contributed by atoms with Crippen molar-refractivity contribution in [3.8, 4) is 17.2 Å². The Hall–Kier alpha value is -3.80. The molecule has 0 aliphatic heterocycles. The van der Waals surface area contributed by atoms with Gasteiger partial charge >= 0.3 is 0 Å². The van der Waals surface area contributed by atoms with Gasteiger partial charge in [0.25, 0.3) is 0 Å². The molecule has 40 heavy (non-hydrogen) atoms. The second kappa shape index (κ2) is 13.0. The minimum atomic E-state index is -3.59. The highest BCUT2D eigenvalue weighted by molar-refractivity contribution is 7.92. The van der Waals surface area contributed by atoms with Crippen LogP contribution in [0.15, 0.2) is 60.7 Å². The number of ether oxygens (including phenoxy) is 1. The largest absolute Gasteiger partial charge is 0.506 e. The molecule has 0 spiro atoms. The van der Waals surface area contributed by atoms with Gasteiger partial charge in [-0.25, -0.2) is 8.42 Å². The number of β-amino-alcohol motifs (C(OH)–C–C–N with tert-alkyl or cyclic N) is 1. The maximum Gasteiger partial charge on any atom is 0.229 e.